The molecule has 0 radical (unpaired) electrons. The van der Waals surface area contributed by atoms with Crippen LogP contribution in [0.25, 0.3) is 0 Å². The molecule has 0 saturated heterocycles. The molecule has 2 aromatic carbocycles. The first-order chi connectivity index (χ1) is 10.3. The van der Waals surface area contributed by atoms with E-state index in [9.17, 15) is 4.57 Å². The van der Waals surface area contributed by atoms with Crippen molar-refractivity contribution in [2.24, 2.45) is 0 Å². The van der Waals surface area contributed by atoms with Crippen molar-refractivity contribution >= 4 is 19.6 Å². The third kappa shape index (κ3) is 5.94. The molecule has 0 aliphatic heterocycles. The van der Waals surface area contributed by atoms with Crippen molar-refractivity contribution in [1.82, 2.24) is 0 Å². The molecule has 0 saturated carbocycles. The minimum absolute atomic E-state index is 0.312. The van der Waals surface area contributed by atoms with Crippen LogP contribution in [0.3, 0.4) is 0 Å². The van der Waals surface area contributed by atoms with Crippen LogP contribution >= 0.6 is 19.6 Å². The predicted molar refractivity (Wildman–Crippen MR) is 84.8 cm³/mol. The highest BCUT2D eigenvalue weighted by atomic mass is 35.5. The molecule has 3 nitrogen and oxygen atoms in total. The van der Waals surface area contributed by atoms with E-state index in [1.54, 1.807) is 0 Å². The lowest BCUT2D eigenvalue weighted by molar-refractivity contribution is 0.0913. The molecule has 2 aromatic rings. The van der Waals surface area contributed by atoms with Gasteiger partial charge in [0.15, 0.2) is 0 Å². The average molecular weight is 324 g/mol. The molecule has 0 amide bonds. The van der Waals surface area contributed by atoms with Gasteiger partial charge < -0.3 is 4.74 Å². The summed E-state index contributed by atoms with van der Waals surface area (Å²) < 4.78 is 22.5. The highest BCUT2D eigenvalue weighted by Gasteiger charge is 2.17. The van der Waals surface area contributed by atoms with Gasteiger partial charge in [-0.25, -0.2) is 0 Å². The first-order valence-electron chi connectivity index (χ1n) is 6.68. The van der Waals surface area contributed by atoms with Crippen molar-refractivity contribution in [2.45, 2.75) is 12.8 Å². The number of ether oxygens (including phenoxy) is 1. The summed E-state index contributed by atoms with van der Waals surface area (Å²) >= 11 is 6.02. The second-order valence-corrected chi connectivity index (χ2v) is 6.10. The Hall–Kier alpha value is -1.25. The quantitative estimate of drug-likeness (QED) is 0.516. The van der Waals surface area contributed by atoms with Crippen LogP contribution in [0.2, 0.25) is 5.02 Å². The molecule has 0 heterocycles. The van der Waals surface area contributed by atoms with Crippen LogP contribution in [0.5, 0.6) is 0 Å². The van der Waals surface area contributed by atoms with Crippen LogP contribution < -0.4 is 0 Å². The number of hydrogen-bond donors (Lipinski definition) is 0. The normalized spacial score (nSPS) is 11.4. The first-order valence-corrected chi connectivity index (χ1v) is 8.42. The van der Waals surface area contributed by atoms with Crippen LogP contribution in [0.4, 0.5) is 0 Å². The molecule has 21 heavy (non-hydrogen) atoms. The fraction of sp³-hybridized carbons (Fsp3) is 0.250. The molecule has 0 fully saturated rings. The van der Waals surface area contributed by atoms with Crippen LogP contribution in [0.1, 0.15) is 11.1 Å². The molecule has 0 aromatic heterocycles. The summed E-state index contributed by atoms with van der Waals surface area (Å²) in [4.78, 5) is 0. The van der Waals surface area contributed by atoms with Gasteiger partial charge in [-0.05, 0) is 16.2 Å². The largest absolute Gasteiger partial charge is 0.512 e. The lowest BCUT2D eigenvalue weighted by Crippen LogP contribution is -2.01. The summed E-state index contributed by atoms with van der Waals surface area (Å²) in [5, 5.41) is 0.688. The van der Waals surface area contributed by atoms with Gasteiger partial charge in [0, 0.05) is 10.6 Å². The van der Waals surface area contributed by atoms with E-state index in [1.165, 1.54) is 0 Å². The zero-order valence-corrected chi connectivity index (χ0v) is 13.2. The zero-order valence-electron chi connectivity index (χ0n) is 11.6. The van der Waals surface area contributed by atoms with E-state index >= 15 is 0 Å². The Morgan fingerprint density at radius 2 is 1.67 bits per heavy atom. The maximum Gasteiger partial charge on any atom is 0.512 e. The molecular formula is C16H17ClO3P+. The Morgan fingerprint density at radius 3 is 2.43 bits per heavy atom. The maximum absolute atomic E-state index is 11.7. The predicted octanol–water partition coefficient (Wildman–Crippen LogP) is 4.82. The van der Waals surface area contributed by atoms with Crippen molar-refractivity contribution in [2.75, 3.05) is 13.2 Å². The number of benzene rings is 2. The SMILES string of the molecule is O=[P+](Cc1ccccc1)OCCOCc1ccccc1Cl. The lowest BCUT2D eigenvalue weighted by atomic mass is 10.2. The smallest absolute Gasteiger partial charge is 0.374 e. The van der Waals surface area contributed by atoms with E-state index in [4.69, 9.17) is 20.9 Å². The summed E-state index contributed by atoms with van der Waals surface area (Å²) in [6.45, 7) is 1.13. The highest BCUT2D eigenvalue weighted by Crippen LogP contribution is 2.27. The maximum atomic E-state index is 11.7. The summed E-state index contributed by atoms with van der Waals surface area (Å²) in [7, 11) is -1.69. The molecule has 0 spiro atoms. The number of rotatable bonds is 8. The summed E-state index contributed by atoms with van der Waals surface area (Å²) in [5.74, 6) is 0. The zero-order chi connectivity index (χ0) is 14.9. The Bertz CT molecular complexity index is 575. The topological polar surface area (TPSA) is 35.5 Å². The monoisotopic (exact) mass is 323 g/mol. The molecular weight excluding hydrogens is 307 g/mol. The Balaban J connectivity index is 1.62. The lowest BCUT2D eigenvalue weighted by Gasteiger charge is -2.04. The van der Waals surface area contributed by atoms with Crippen molar-refractivity contribution in [3.63, 3.8) is 0 Å². The van der Waals surface area contributed by atoms with Gasteiger partial charge in [0.05, 0.1) is 13.2 Å². The number of hydrogen-bond acceptors (Lipinski definition) is 3. The van der Waals surface area contributed by atoms with E-state index in [2.05, 4.69) is 0 Å². The van der Waals surface area contributed by atoms with Gasteiger partial charge in [-0.3, -0.25) is 0 Å². The van der Waals surface area contributed by atoms with Crippen molar-refractivity contribution in [3.05, 3.63) is 70.7 Å². The van der Waals surface area contributed by atoms with E-state index in [1.807, 2.05) is 54.6 Å². The van der Waals surface area contributed by atoms with E-state index < -0.39 is 8.03 Å². The second-order valence-electron chi connectivity index (χ2n) is 4.45. The third-order valence-electron chi connectivity index (χ3n) is 2.83. The molecule has 0 aliphatic carbocycles. The summed E-state index contributed by atoms with van der Waals surface area (Å²) in [6, 6.07) is 17.2. The molecule has 110 valence electrons. The van der Waals surface area contributed by atoms with Crippen molar-refractivity contribution in [1.29, 1.82) is 0 Å². The minimum Gasteiger partial charge on any atom is -0.374 e. The van der Waals surface area contributed by atoms with Crippen LogP contribution in [0, 0.1) is 0 Å². The van der Waals surface area contributed by atoms with Gasteiger partial charge in [-0.1, -0.05) is 60.1 Å². The minimum atomic E-state index is -1.69. The van der Waals surface area contributed by atoms with Crippen LogP contribution in [-0.4, -0.2) is 13.2 Å². The van der Waals surface area contributed by atoms with Gasteiger partial charge >= 0.3 is 8.03 Å². The van der Waals surface area contributed by atoms with E-state index in [0.717, 1.165) is 11.1 Å². The van der Waals surface area contributed by atoms with Gasteiger partial charge in [-0.15, -0.1) is 4.52 Å². The van der Waals surface area contributed by atoms with Crippen molar-refractivity contribution < 1.29 is 13.8 Å². The Morgan fingerprint density at radius 1 is 0.952 bits per heavy atom. The molecule has 0 N–H and O–H groups in total. The highest BCUT2D eigenvalue weighted by molar-refractivity contribution is 7.38. The molecule has 1 atom stereocenters. The van der Waals surface area contributed by atoms with Crippen LogP contribution in [-0.2, 0) is 26.6 Å². The average Bonchev–Trinajstić information content (AvgIpc) is 2.50. The molecule has 2 rings (SSSR count). The van der Waals surface area contributed by atoms with E-state index in [0.29, 0.717) is 31.0 Å². The van der Waals surface area contributed by atoms with Crippen molar-refractivity contribution in [3.8, 4) is 0 Å². The van der Waals surface area contributed by atoms with Crippen LogP contribution in [0.15, 0.2) is 54.6 Å². The summed E-state index contributed by atoms with van der Waals surface area (Å²) in [6.07, 6.45) is 0.431. The van der Waals surface area contributed by atoms with Gasteiger partial charge in [0.25, 0.3) is 0 Å². The second kappa shape index (κ2) is 8.91. The Labute approximate surface area is 130 Å². The fourth-order valence-electron chi connectivity index (χ4n) is 1.77. The number of halogens is 1. The standard InChI is InChI=1S/C16H17ClO3P/c17-16-9-5-4-8-15(16)12-19-10-11-20-21(18)13-14-6-2-1-3-7-14/h1-9H,10-13H2/q+1. The van der Waals surface area contributed by atoms with E-state index in [-0.39, 0.29) is 0 Å². The molecule has 5 heteroatoms. The van der Waals surface area contributed by atoms with Gasteiger partial charge in [-0.2, -0.15) is 0 Å². The third-order valence-corrected chi connectivity index (χ3v) is 4.30. The van der Waals surface area contributed by atoms with Gasteiger partial charge in [0.1, 0.15) is 6.61 Å². The fourth-order valence-corrected chi connectivity index (χ4v) is 2.84. The molecule has 0 aliphatic rings. The molecule has 1 unspecified atom stereocenters. The summed E-state index contributed by atoms with van der Waals surface area (Å²) in [5.41, 5.74) is 1.95. The molecule has 0 bridgehead atoms. The Kier molecular flexibility index (Phi) is 6.84. The van der Waals surface area contributed by atoms with Gasteiger partial charge in [0.2, 0.25) is 6.16 Å². The first kappa shape index (κ1) is 16.1.